The van der Waals surface area contributed by atoms with E-state index < -0.39 is 0 Å². The van der Waals surface area contributed by atoms with Gasteiger partial charge in [0, 0.05) is 44.9 Å². The van der Waals surface area contributed by atoms with Crippen LogP contribution in [-0.4, -0.2) is 6.71 Å². The van der Waals surface area contributed by atoms with Crippen LogP contribution in [0.15, 0.2) is 168 Å². The summed E-state index contributed by atoms with van der Waals surface area (Å²) in [6.07, 6.45) is 0. The van der Waals surface area contributed by atoms with Crippen LogP contribution in [0, 0.1) is 0 Å². The Labute approximate surface area is 267 Å². The van der Waals surface area contributed by atoms with Gasteiger partial charge in [-0.25, -0.2) is 0 Å². The van der Waals surface area contributed by atoms with Gasteiger partial charge in [-0.1, -0.05) is 97.1 Å². The molecule has 4 heteroatoms. The van der Waals surface area contributed by atoms with Crippen molar-refractivity contribution < 1.29 is 4.42 Å². The van der Waals surface area contributed by atoms with Crippen molar-refractivity contribution in [3.8, 4) is 11.1 Å². The molecule has 10 rings (SSSR count). The van der Waals surface area contributed by atoms with Crippen LogP contribution in [0.5, 0.6) is 0 Å². The van der Waals surface area contributed by atoms with Crippen molar-refractivity contribution in [2.45, 2.75) is 0 Å². The van der Waals surface area contributed by atoms with Crippen LogP contribution in [0.3, 0.4) is 0 Å². The molecule has 46 heavy (non-hydrogen) atoms. The number of para-hydroxylation sites is 4. The van der Waals surface area contributed by atoms with Crippen LogP contribution in [0.4, 0.5) is 34.1 Å². The van der Waals surface area contributed by atoms with Gasteiger partial charge in [0.05, 0.1) is 0 Å². The molecule has 0 saturated heterocycles. The lowest BCUT2D eigenvalue weighted by Crippen LogP contribution is -2.61. The van der Waals surface area contributed by atoms with E-state index in [9.17, 15) is 0 Å². The number of nitrogens with zero attached hydrogens (tertiary/aromatic N) is 2. The third kappa shape index (κ3) is 3.55. The SMILES string of the molecule is c1ccc(N2c3ccccc3B3c4c(-c5ccc6c(c5)oc5ccccc56)cccc4N(c4ccccc4)c4cccc2c43)cc1. The fourth-order valence-electron chi connectivity index (χ4n) is 7.78. The number of hydrogen-bond donors (Lipinski definition) is 0. The second kappa shape index (κ2) is 9.75. The molecule has 2 aliphatic heterocycles. The molecule has 0 bridgehead atoms. The summed E-state index contributed by atoms with van der Waals surface area (Å²) in [5.41, 5.74) is 15.3. The molecule has 2 aliphatic rings. The molecule has 1 aromatic heterocycles. The maximum Gasteiger partial charge on any atom is 0.252 e. The van der Waals surface area contributed by atoms with Gasteiger partial charge in [-0.05, 0) is 94.2 Å². The second-order valence-corrected chi connectivity index (χ2v) is 12.1. The van der Waals surface area contributed by atoms with E-state index in [2.05, 4.69) is 161 Å². The number of furan rings is 1. The number of hydrogen-bond acceptors (Lipinski definition) is 3. The largest absolute Gasteiger partial charge is 0.456 e. The van der Waals surface area contributed by atoms with E-state index in [4.69, 9.17) is 4.42 Å². The molecule has 0 N–H and O–H groups in total. The summed E-state index contributed by atoms with van der Waals surface area (Å²) >= 11 is 0. The fraction of sp³-hybridized carbons (Fsp3) is 0. The van der Waals surface area contributed by atoms with Gasteiger partial charge in [-0.15, -0.1) is 0 Å². The van der Waals surface area contributed by atoms with E-state index in [1.54, 1.807) is 0 Å². The van der Waals surface area contributed by atoms with E-state index >= 15 is 0 Å². The average Bonchev–Trinajstić information content (AvgIpc) is 3.50. The van der Waals surface area contributed by atoms with Gasteiger partial charge < -0.3 is 14.2 Å². The van der Waals surface area contributed by atoms with Crippen molar-refractivity contribution in [1.82, 2.24) is 0 Å². The van der Waals surface area contributed by atoms with Gasteiger partial charge in [-0.3, -0.25) is 0 Å². The highest BCUT2D eigenvalue weighted by molar-refractivity contribution is 7.01. The number of anilines is 6. The Bertz CT molecular complexity index is 2440. The summed E-state index contributed by atoms with van der Waals surface area (Å²) in [6, 6.07) is 59.0. The first-order valence-corrected chi connectivity index (χ1v) is 15.8. The number of benzene rings is 7. The quantitative estimate of drug-likeness (QED) is 0.192. The van der Waals surface area contributed by atoms with E-state index in [1.165, 1.54) is 44.7 Å². The molecule has 0 aliphatic carbocycles. The summed E-state index contributed by atoms with van der Waals surface area (Å²) in [5.74, 6) is 0. The fourth-order valence-corrected chi connectivity index (χ4v) is 7.78. The molecule has 8 aromatic rings. The molecular weight excluding hydrogens is 559 g/mol. The minimum atomic E-state index is 0.0416. The monoisotopic (exact) mass is 586 g/mol. The molecule has 7 aromatic carbocycles. The second-order valence-electron chi connectivity index (χ2n) is 12.1. The first-order valence-electron chi connectivity index (χ1n) is 15.8. The van der Waals surface area contributed by atoms with Gasteiger partial charge in [0.1, 0.15) is 11.2 Å². The Kier molecular flexibility index (Phi) is 5.37. The Morgan fingerprint density at radius 1 is 0.413 bits per heavy atom. The van der Waals surface area contributed by atoms with E-state index in [0.717, 1.165) is 38.9 Å². The summed E-state index contributed by atoms with van der Waals surface area (Å²) < 4.78 is 6.39. The number of rotatable bonds is 3. The zero-order chi connectivity index (χ0) is 30.2. The minimum Gasteiger partial charge on any atom is -0.456 e. The zero-order valence-electron chi connectivity index (χ0n) is 25.0. The van der Waals surface area contributed by atoms with Gasteiger partial charge in [-0.2, -0.15) is 0 Å². The maximum absolute atomic E-state index is 6.39. The smallest absolute Gasteiger partial charge is 0.252 e. The maximum atomic E-state index is 6.39. The third-order valence-corrected chi connectivity index (χ3v) is 9.65. The van der Waals surface area contributed by atoms with Crippen molar-refractivity contribution in [1.29, 1.82) is 0 Å². The predicted octanol–water partition coefficient (Wildman–Crippen LogP) is 9.34. The molecule has 0 saturated carbocycles. The highest BCUT2D eigenvalue weighted by Gasteiger charge is 2.44. The average molecular weight is 587 g/mol. The summed E-state index contributed by atoms with van der Waals surface area (Å²) in [4.78, 5) is 4.88. The molecule has 0 atom stereocenters. The van der Waals surface area contributed by atoms with Crippen LogP contribution < -0.4 is 26.2 Å². The zero-order valence-corrected chi connectivity index (χ0v) is 25.0. The lowest BCUT2D eigenvalue weighted by molar-refractivity contribution is 0.669. The van der Waals surface area contributed by atoms with Crippen molar-refractivity contribution in [2.75, 3.05) is 9.80 Å². The van der Waals surface area contributed by atoms with Gasteiger partial charge in [0.15, 0.2) is 0 Å². The predicted molar refractivity (Wildman–Crippen MR) is 193 cm³/mol. The van der Waals surface area contributed by atoms with Crippen LogP contribution in [0.25, 0.3) is 33.1 Å². The van der Waals surface area contributed by atoms with Crippen molar-refractivity contribution in [3.05, 3.63) is 164 Å². The molecule has 0 spiro atoms. The third-order valence-electron chi connectivity index (χ3n) is 9.65. The Morgan fingerprint density at radius 3 is 1.74 bits per heavy atom. The minimum absolute atomic E-state index is 0.0416. The molecule has 0 unspecified atom stereocenters. The Balaban J connectivity index is 1.29. The topological polar surface area (TPSA) is 19.6 Å². The summed E-state index contributed by atoms with van der Waals surface area (Å²) in [5, 5.41) is 2.29. The molecule has 3 nitrogen and oxygen atoms in total. The molecule has 214 valence electrons. The first kappa shape index (κ1) is 25.3. The summed E-state index contributed by atoms with van der Waals surface area (Å²) in [6.45, 7) is 0.0416. The summed E-state index contributed by atoms with van der Waals surface area (Å²) in [7, 11) is 0. The lowest BCUT2D eigenvalue weighted by Gasteiger charge is -2.44. The van der Waals surface area contributed by atoms with Crippen LogP contribution in [0.1, 0.15) is 0 Å². The normalized spacial score (nSPS) is 13.1. The molecule has 0 amide bonds. The van der Waals surface area contributed by atoms with Crippen LogP contribution >= 0.6 is 0 Å². The molecule has 0 radical (unpaired) electrons. The Hall–Kier alpha value is -6.00. The molecule has 3 heterocycles. The highest BCUT2D eigenvalue weighted by Crippen LogP contribution is 2.45. The highest BCUT2D eigenvalue weighted by atomic mass is 16.3. The van der Waals surface area contributed by atoms with Crippen LogP contribution in [-0.2, 0) is 0 Å². The van der Waals surface area contributed by atoms with Crippen molar-refractivity contribution >= 4 is 79.2 Å². The van der Waals surface area contributed by atoms with E-state index in [0.29, 0.717) is 0 Å². The lowest BCUT2D eigenvalue weighted by atomic mass is 9.32. The molecular formula is C42H27BN2O. The first-order chi connectivity index (χ1) is 22.8. The van der Waals surface area contributed by atoms with E-state index in [1.807, 2.05) is 12.1 Å². The van der Waals surface area contributed by atoms with Crippen LogP contribution in [0.2, 0.25) is 0 Å². The van der Waals surface area contributed by atoms with E-state index in [-0.39, 0.29) is 6.71 Å². The van der Waals surface area contributed by atoms with Crippen molar-refractivity contribution in [3.63, 3.8) is 0 Å². The van der Waals surface area contributed by atoms with Crippen molar-refractivity contribution in [2.24, 2.45) is 0 Å². The molecule has 0 fully saturated rings. The van der Waals surface area contributed by atoms with Gasteiger partial charge in [0.2, 0.25) is 0 Å². The van der Waals surface area contributed by atoms with Gasteiger partial charge >= 0.3 is 0 Å². The van der Waals surface area contributed by atoms with Gasteiger partial charge in [0.25, 0.3) is 6.71 Å². The number of fused-ring (bicyclic) bond motifs is 7. The standard InChI is InChI=1S/C42H27BN2O/c1-3-13-29(14-4-1)44-35-20-9-8-19-34(35)43-41-31(28-25-26-33-32-17-7-10-24-39(32)46-40(33)27-28)18-11-21-36(41)45(30-15-5-2-6-16-30)38-23-12-22-37(44)42(38)43/h1-27H. The Morgan fingerprint density at radius 2 is 0.978 bits per heavy atom.